The first-order valence-electron chi connectivity index (χ1n) is 10.4. The van der Waals surface area contributed by atoms with Crippen molar-refractivity contribution in [1.29, 1.82) is 0 Å². The van der Waals surface area contributed by atoms with Crippen molar-refractivity contribution >= 4 is 16.7 Å². The number of nitrogens with one attached hydrogen (secondary N) is 1. The van der Waals surface area contributed by atoms with Crippen LogP contribution < -0.4 is 15.6 Å². The molecule has 1 N–H and O–H groups in total. The third kappa shape index (κ3) is 5.68. The SMILES string of the molecule is O=C(Cn1ncc2ccccc2c1=O)NCc1cccc(OCCN2CCOCC2)c1. The van der Waals surface area contributed by atoms with Gasteiger partial charge in [-0.15, -0.1) is 0 Å². The number of morpholine rings is 1. The highest BCUT2D eigenvalue weighted by Gasteiger charge is 2.10. The van der Waals surface area contributed by atoms with Gasteiger partial charge in [0.1, 0.15) is 18.9 Å². The lowest BCUT2D eigenvalue weighted by Gasteiger charge is -2.26. The van der Waals surface area contributed by atoms with Crippen LogP contribution in [-0.2, 0) is 22.6 Å². The fourth-order valence-electron chi connectivity index (χ4n) is 3.50. The van der Waals surface area contributed by atoms with Crippen molar-refractivity contribution in [2.24, 2.45) is 0 Å². The van der Waals surface area contributed by atoms with Crippen LogP contribution in [0.2, 0.25) is 0 Å². The molecular formula is C23H26N4O4. The number of hydrogen-bond donors (Lipinski definition) is 1. The minimum atomic E-state index is -0.275. The Morgan fingerprint density at radius 1 is 1.13 bits per heavy atom. The van der Waals surface area contributed by atoms with Gasteiger partial charge in [0.2, 0.25) is 5.91 Å². The van der Waals surface area contributed by atoms with Crippen LogP contribution in [0.25, 0.3) is 10.8 Å². The number of carbonyl (C=O) groups is 1. The molecule has 2 heterocycles. The van der Waals surface area contributed by atoms with Crippen molar-refractivity contribution in [3.8, 4) is 5.75 Å². The Morgan fingerprint density at radius 3 is 2.84 bits per heavy atom. The van der Waals surface area contributed by atoms with Gasteiger partial charge in [-0.2, -0.15) is 5.10 Å². The lowest BCUT2D eigenvalue weighted by molar-refractivity contribution is -0.122. The maximum Gasteiger partial charge on any atom is 0.275 e. The molecule has 1 aliphatic heterocycles. The van der Waals surface area contributed by atoms with Gasteiger partial charge < -0.3 is 14.8 Å². The van der Waals surface area contributed by atoms with Gasteiger partial charge in [-0.05, 0) is 23.8 Å². The minimum absolute atomic E-state index is 0.126. The monoisotopic (exact) mass is 422 g/mol. The first-order valence-corrected chi connectivity index (χ1v) is 10.4. The van der Waals surface area contributed by atoms with E-state index in [0.717, 1.165) is 49.5 Å². The van der Waals surface area contributed by atoms with E-state index in [2.05, 4.69) is 15.3 Å². The highest BCUT2D eigenvalue weighted by atomic mass is 16.5. The summed E-state index contributed by atoms with van der Waals surface area (Å²) in [5.74, 6) is 0.496. The summed E-state index contributed by atoms with van der Waals surface area (Å²) in [6.45, 7) is 5.10. The van der Waals surface area contributed by atoms with E-state index in [4.69, 9.17) is 9.47 Å². The summed E-state index contributed by atoms with van der Waals surface area (Å²) in [5.41, 5.74) is 0.653. The van der Waals surface area contributed by atoms with Crippen LogP contribution in [0.5, 0.6) is 5.75 Å². The zero-order valence-electron chi connectivity index (χ0n) is 17.3. The van der Waals surface area contributed by atoms with E-state index in [1.54, 1.807) is 18.3 Å². The van der Waals surface area contributed by atoms with Crippen molar-refractivity contribution in [1.82, 2.24) is 20.0 Å². The second-order valence-corrected chi connectivity index (χ2v) is 7.42. The quantitative estimate of drug-likeness (QED) is 0.591. The summed E-state index contributed by atoms with van der Waals surface area (Å²) >= 11 is 0. The van der Waals surface area contributed by atoms with Gasteiger partial charge in [-0.25, -0.2) is 4.68 Å². The standard InChI is InChI=1S/C23H26N4O4/c28-22(17-27-23(29)21-7-2-1-5-19(21)16-25-27)24-15-18-4-3-6-20(14-18)31-13-10-26-8-11-30-12-9-26/h1-7,14,16H,8-13,15,17H2,(H,24,28). The topological polar surface area (TPSA) is 85.7 Å². The molecule has 31 heavy (non-hydrogen) atoms. The van der Waals surface area contributed by atoms with Crippen LogP contribution >= 0.6 is 0 Å². The van der Waals surface area contributed by atoms with Gasteiger partial charge in [0, 0.05) is 31.6 Å². The van der Waals surface area contributed by atoms with Crippen LogP contribution in [0.3, 0.4) is 0 Å². The van der Waals surface area contributed by atoms with Crippen LogP contribution in [0.1, 0.15) is 5.56 Å². The average Bonchev–Trinajstić information content (AvgIpc) is 2.81. The predicted molar refractivity (Wildman–Crippen MR) is 117 cm³/mol. The van der Waals surface area contributed by atoms with Crippen molar-refractivity contribution in [2.45, 2.75) is 13.1 Å². The zero-order chi connectivity index (χ0) is 21.5. The molecule has 1 fully saturated rings. The van der Waals surface area contributed by atoms with E-state index in [1.165, 1.54) is 4.68 Å². The highest BCUT2D eigenvalue weighted by Crippen LogP contribution is 2.13. The smallest absolute Gasteiger partial charge is 0.275 e. The first-order chi connectivity index (χ1) is 15.2. The molecular weight excluding hydrogens is 396 g/mol. The number of rotatable bonds is 8. The van der Waals surface area contributed by atoms with E-state index < -0.39 is 0 Å². The first kappa shape index (κ1) is 21.0. The van der Waals surface area contributed by atoms with Gasteiger partial charge in [-0.1, -0.05) is 30.3 Å². The molecule has 8 nitrogen and oxygen atoms in total. The lowest BCUT2D eigenvalue weighted by atomic mass is 10.2. The second kappa shape index (κ2) is 10.2. The minimum Gasteiger partial charge on any atom is -0.492 e. The molecule has 8 heteroatoms. The van der Waals surface area contributed by atoms with E-state index in [0.29, 0.717) is 18.5 Å². The lowest BCUT2D eigenvalue weighted by Crippen LogP contribution is -2.38. The van der Waals surface area contributed by atoms with E-state index in [9.17, 15) is 9.59 Å². The van der Waals surface area contributed by atoms with Crippen LogP contribution in [0.15, 0.2) is 59.5 Å². The van der Waals surface area contributed by atoms with Gasteiger partial charge in [0.05, 0.1) is 24.8 Å². The Hall–Kier alpha value is -3.23. The maximum absolute atomic E-state index is 12.5. The Bertz CT molecular complexity index is 1090. The Balaban J connectivity index is 1.28. The summed E-state index contributed by atoms with van der Waals surface area (Å²) in [7, 11) is 0. The number of hydrogen-bond acceptors (Lipinski definition) is 6. The Kier molecular flexibility index (Phi) is 6.91. The predicted octanol–water partition coefficient (Wildman–Crippen LogP) is 1.42. The molecule has 0 spiro atoms. The van der Waals surface area contributed by atoms with Crippen LogP contribution in [0, 0.1) is 0 Å². The van der Waals surface area contributed by atoms with Crippen LogP contribution in [0.4, 0.5) is 0 Å². The fraction of sp³-hybridized carbons (Fsp3) is 0.348. The number of ether oxygens (including phenoxy) is 2. The Labute approximate surface area is 180 Å². The van der Waals surface area contributed by atoms with Gasteiger partial charge in [0.25, 0.3) is 5.56 Å². The second-order valence-electron chi connectivity index (χ2n) is 7.42. The average molecular weight is 422 g/mol. The molecule has 0 saturated carbocycles. The van der Waals surface area contributed by atoms with E-state index in [1.807, 2.05) is 36.4 Å². The zero-order valence-corrected chi connectivity index (χ0v) is 17.3. The molecule has 1 aromatic heterocycles. The molecule has 1 aliphatic rings. The molecule has 4 rings (SSSR count). The molecule has 0 radical (unpaired) electrons. The number of benzene rings is 2. The number of amides is 1. The van der Waals surface area contributed by atoms with Gasteiger partial charge in [0.15, 0.2) is 0 Å². The number of aromatic nitrogens is 2. The summed E-state index contributed by atoms with van der Waals surface area (Å²) in [6, 6.07) is 14.9. The van der Waals surface area contributed by atoms with E-state index in [-0.39, 0.29) is 18.0 Å². The third-order valence-electron chi connectivity index (χ3n) is 5.22. The number of nitrogens with zero attached hydrogens (tertiary/aromatic N) is 3. The molecule has 1 saturated heterocycles. The molecule has 3 aromatic rings. The fourth-order valence-corrected chi connectivity index (χ4v) is 3.50. The summed E-state index contributed by atoms with van der Waals surface area (Å²) in [4.78, 5) is 27.2. The van der Waals surface area contributed by atoms with Gasteiger partial charge in [-0.3, -0.25) is 14.5 Å². The summed E-state index contributed by atoms with van der Waals surface area (Å²) in [5, 5.41) is 8.25. The molecule has 1 amide bonds. The summed E-state index contributed by atoms with van der Waals surface area (Å²) in [6.07, 6.45) is 1.60. The highest BCUT2D eigenvalue weighted by molar-refractivity contribution is 5.81. The number of carbonyl (C=O) groups excluding carboxylic acids is 1. The maximum atomic E-state index is 12.5. The van der Waals surface area contributed by atoms with Gasteiger partial charge >= 0.3 is 0 Å². The van der Waals surface area contributed by atoms with Crippen LogP contribution in [-0.4, -0.2) is 60.0 Å². The molecule has 162 valence electrons. The van der Waals surface area contributed by atoms with Crippen molar-refractivity contribution < 1.29 is 14.3 Å². The van der Waals surface area contributed by atoms with Crippen molar-refractivity contribution in [3.05, 3.63) is 70.6 Å². The summed E-state index contributed by atoms with van der Waals surface area (Å²) < 4.78 is 12.4. The molecule has 0 bridgehead atoms. The largest absolute Gasteiger partial charge is 0.492 e. The number of fused-ring (bicyclic) bond motifs is 1. The Morgan fingerprint density at radius 2 is 1.97 bits per heavy atom. The molecule has 0 atom stereocenters. The molecule has 0 aliphatic carbocycles. The third-order valence-corrected chi connectivity index (χ3v) is 5.22. The normalized spacial score (nSPS) is 14.5. The molecule has 2 aromatic carbocycles. The van der Waals surface area contributed by atoms with Crippen molar-refractivity contribution in [2.75, 3.05) is 39.5 Å². The molecule has 0 unspecified atom stereocenters. The van der Waals surface area contributed by atoms with Crippen molar-refractivity contribution in [3.63, 3.8) is 0 Å². The van der Waals surface area contributed by atoms with E-state index >= 15 is 0 Å².